The van der Waals surface area contributed by atoms with Gasteiger partial charge < -0.3 is 10.7 Å². The van der Waals surface area contributed by atoms with Gasteiger partial charge in [0.05, 0.1) is 0 Å². The molecule has 1 aromatic rings. The summed E-state index contributed by atoms with van der Waals surface area (Å²) in [4.78, 5) is 3.21. The number of H-pyrrole nitrogens is 1. The van der Waals surface area contributed by atoms with Crippen molar-refractivity contribution in [3.8, 4) is 0 Å². The van der Waals surface area contributed by atoms with Crippen LogP contribution >= 0.6 is 12.4 Å². The van der Waals surface area contributed by atoms with Gasteiger partial charge in [-0.2, -0.15) is 0 Å². The summed E-state index contributed by atoms with van der Waals surface area (Å²) in [5, 5.41) is 0. The maximum absolute atomic E-state index is 6.18. The molecule has 0 unspecified atom stereocenters. The van der Waals surface area contributed by atoms with E-state index in [4.69, 9.17) is 5.73 Å². The van der Waals surface area contributed by atoms with Crippen LogP contribution in [0.4, 0.5) is 0 Å². The van der Waals surface area contributed by atoms with Crippen molar-refractivity contribution >= 4 is 12.4 Å². The second-order valence-electron chi connectivity index (χ2n) is 4.05. The van der Waals surface area contributed by atoms with Crippen LogP contribution in [0, 0.1) is 5.92 Å². The number of halogens is 1. The molecule has 0 radical (unpaired) electrons. The summed E-state index contributed by atoms with van der Waals surface area (Å²) in [5.41, 5.74) is 7.38. The Morgan fingerprint density at radius 3 is 2.57 bits per heavy atom. The van der Waals surface area contributed by atoms with Crippen molar-refractivity contribution in [2.75, 3.05) is 0 Å². The third-order valence-corrected chi connectivity index (χ3v) is 3.14. The number of aromatic nitrogens is 1. The van der Waals surface area contributed by atoms with E-state index in [1.54, 1.807) is 0 Å². The van der Waals surface area contributed by atoms with Crippen molar-refractivity contribution in [3.63, 3.8) is 0 Å². The molecule has 1 fully saturated rings. The molecule has 0 aromatic carbocycles. The Bertz CT molecular complexity index is 240. The smallest absolute Gasteiger partial charge is 0.0476 e. The van der Waals surface area contributed by atoms with Crippen molar-refractivity contribution in [3.05, 3.63) is 24.0 Å². The molecule has 1 atom stereocenters. The van der Waals surface area contributed by atoms with Gasteiger partial charge >= 0.3 is 0 Å². The van der Waals surface area contributed by atoms with Gasteiger partial charge in [-0.15, -0.1) is 12.4 Å². The first-order valence-corrected chi connectivity index (χ1v) is 5.27. The quantitative estimate of drug-likeness (QED) is 0.781. The van der Waals surface area contributed by atoms with Crippen LogP contribution < -0.4 is 5.73 Å². The second-order valence-corrected chi connectivity index (χ2v) is 4.05. The van der Waals surface area contributed by atoms with Crippen LogP contribution in [0.25, 0.3) is 0 Å². The van der Waals surface area contributed by atoms with E-state index in [9.17, 15) is 0 Å². The molecule has 0 amide bonds. The Balaban J connectivity index is 0.000000980. The Morgan fingerprint density at radius 1 is 1.29 bits per heavy atom. The Morgan fingerprint density at radius 2 is 2.00 bits per heavy atom. The summed E-state index contributed by atoms with van der Waals surface area (Å²) in [6, 6.07) is 4.35. The highest BCUT2D eigenvalue weighted by molar-refractivity contribution is 5.85. The molecule has 0 spiro atoms. The average Bonchev–Trinajstić information content (AvgIpc) is 2.71. The molecular weight excluding hydrogens is 196 g/mol. The minimum atomic E-state index is 0. The number of aromatic amines is 1. The highest BCUT2D eigenvalue weighted by Gasteiger charge is 2.21. The third-order valence-electron chi connectivity index (χ3n) is 3.14. The topological polar surface area (TPSA) is 41.8 Å². The molecule has 80 valence electrons. The van der Waals surface area contributed by atoms with Crippen LogP contribution in [0.2, 0.25) is 0 Å². The van der Waals surface area contributed by atoms with Crippen molar-refractivity contribution in [1.82, 2.24) is 4.98 Å². The first-order chi connectivity index (χ1) is 6.38. The summed E-state index contributed by atoms with van der Waals surface area (Å²) in [7, 11) is 0. The molecule has 14 heavy (non-hydrogen) atoms. The Hall–Kier alpha value is -0.470. The number of hydrogen-bond donors (Lipinski definition) is 2. The van der Waals surface area contributed by atoms with Gasteiger partial charge in [-0.1, -0.05) is 19.3 Å². The monoisotopic (exact) mass is 214 g/mol. The van der Waals surface area contributed by atoms with E-state index in [2.05, 4.69) is 11.1 Å². The number of rotatable bonds is 2. The van der Waals surface area contributed by atoms with E-state index in [0.29, 0.717) is 5.92 Å². The van der Waals surface area contributed by atoms with Gasteiger partial charge in [-0.25, -0.2) is 0 Å². The summed E-state index contributed by atoms with van der Waals surface area (Å²) >= 11 is 0. The van der Waals surface area contributed by atoms with E-state index in [-0.39, 0.29) is 18.4 Å². The SMILES string of the molecule is Cl.N[C@H](c1ccc[nH]1)C1CCCCC1. The van der Waals surface area contributed by atoms with Gasteiger partial charge in [-0.05, 0) is 30.9 Å². The standard InChI is InChI=1S/C11H18N2.ClH/c12-11(10-7-4-8-13-10)9-5-2-1-3-6-9;/h4,7-9,11,13H,1-3,5-6,12H2;1H/t11-;/m0./s1. The van der Waals surface area contributed by atoms with Gasteiger partial charge in [0.15, 0.2) is 0 Å². The average molecular weight is 215 g/mol. The molecule has 3 N–H and O–H groups in total. The lowest BCUT2D eigenvalue weighted by Gasteiger charge is -2.26. The van der Waals surface area contributed by atoms with E-state index < -0.39 is 0 Å². The molecule has 2 nitrogen and oxygen atoms in total. The summed E-state index contributed by atoms with van der Waals surface area (Å²) in [6.45, 7) is 0. The number of nitrogens with one attached hydrogen (secondary N) is 1. The second kappa shape index (κ2) is 5.42. The lowest BCUT2D eigenvalue weighted by atomic mass is 9.83. The number of hydrogen-bond acceptors (Lipinski definition) is 1. The molecule has 1 aromatic heterocycles. The molecule has 0 aliphatic heterocycles. The molecule has 1 heterocycles. The number of nitrogens with two attached hydrogens (primary N) is 1. The van der Waals surface area contributed by atoms with Gasteiger partial charge in [0, 0.05) is 17.9 Å². The van der Waals surface area contributed by atoms with Crippen LogP contribution in [-0.4, -0.2) is 4.98 Å². The van der Waals surface area contributed by atoms with Crippen LogP contribution in [-0.2, 0) is 0 Å². The van der Waals surface area contributed by atoms with Crippen LogP contribution in [0.15, 0.2) is 18.3 Å². The van der Waals surface area contributed by atoms with E-state index >= 15 is 0 Å². The molecule has 0 saturated heterocycles. The maximum atomic E-state index is 6.18. The molecular formula is C11H19ClN2. The van der Waals surface area contributed by atoms with Crippen molar-refractivity contribution in [1.29, 1.82) is 0 Å². The lowest BCUT2D eigenvalue weighted by Crippen LogP contribution is -2.23. The molecule has 3 heteroatoms. The summed E-state index contributed by atoms with van der Waals surface area (Å²) in [5.74, 6) is 0.701. The summed E-state index contributed by atoms with van der Waals surface area (Å²) < 4.78 is 0. The normalized spacial score (nSPS) is 20.1. The molecule has 1 aliphatic rings. The Labute approximate surface area is 91.7 Å². The first-order valence-electron chi connectivity index (χ1n) is 5.27. The van der Waals surface area contributed by atoms with Crippen molar-refractivity contribution in [2.45, 2.75) is 38.1 Å². The highest BCUT2D eigenvalue weighted by atomic mass is 35.5. The molecule has 0 bridgehead atoms. The first kappa shape index (κ1) is 11.6. The molecule has 1 aliphatic carbocycles. The predicted octanol–water partition coefficient (Wildman–Crippen LogP) is 3.02. The largest absolute Gasteiger partial charge is 0.364 e. The predicted molar refractivity (Wildman–Crippen MR) is 61.5 cm³/mol. The van der Waals surface area contributed by atoms with Gasteiger partial charge in [0.25, 0.3) is 0 Å². The zero-order valence-electron chi connectivity index (χ0n) is 8.41. The van der Waals surface area contributed by atoms with Gasteiger partial charge in [0.2, 0.25) is 0 Å². The molecule has 1 saturated carbocycles. The Kier molecular flexibility index (Phi) is 4.49. The third kappa shape index (κ3) is 2.52. The summed E-state index contributed by atoms with van der Waals surface area (Å²) in [6.07, 6.45) is 8.69. The minimum absolute atomic E-state index is 0. The highest BCUT2D eigenvalue weighted by Crippen LogP contribution is 2.31. The van der Waals surface area contributed by atoms with Crippen molar-refractivity contribution < 1.29 is 0 Å². The lowest BCUT2D eigenvalue weighted by molar-refractivity contribution is 0.305. The minimum Gasteiger partial charge on any atom is -0.364 e. The van der Waals surface area contributed by atoms with Crippen LogP contribution in [0.5, 0.6) is 0 Å². The fraction of sp³-hybridized carbons (Fsp3) is 0.636. The van der Waals surface area contributed by atoms with E-state index in [1.807, 2.05) is 12.3 Å². The van der Waals surface area contributed by atoms with Crippen LogP contribution in [0.1, 0.15) is 43.8 Å². The van der Waals surface area contributed by atoms with Gasteiger partial charge in [0.1, 0.15) is 0 Å². The fourth-order valence-electron chi connectivity index (χ4n) is 2.30. The van der Waals surface area contributed by atoms with E-state index in [1.165, 1.54) is 37.8 Å². The van der Waals surface area contributed by atoms with E-state index in [0.717, 1.165) is 0 Å². The molecule has 2 rings (SSSR count). The maximum Gasteiger partial charge on any atom is 0.0476 e. The van der Waals surface area contributed by atoms with Crippen molar-refractivity contribution in [2.24, 2.45) is 11.7 Å². The zero-order valence-corrected chi connectivity index (χ0v) is 9.22. The van der Waals surface area contributed by atoms with Crippen LogP contribution in [0.3, 0.4) is 0 Å². The zero-order chi connectivity index (χ0) is 9.10. The van der Waals surface area contributed by atoms with Gasteiger partial charge in [-0.3, -0.25) is 0 Å². The fourth-order valence-corrected chi connectivity index (χ4v) is 2.30.